The minimum atomic E-state index is -0.550. The van der Waals surface area contributed by atoms with Crippen LogP contribution in [0, 0.1) is 0 Å². The first kappa shape index (κ1) is 13.9. The van der Waals surface area contributed by atoms with Crippen LogP contribution in [-0.2, 0) is 20.5 Å². The number of methoxy groups -OCH3 is 2. The molecule has 0 unspecified atom stereocenters. The molecule has 0 aliphatic heterocycles. The van der Waals surface area contributed by atoms with Gasteiger partial charge in [-0.3, -0.25) is 4.79 Å². The number of amides is 1. The Morgan fingerprint density at radius 3 is 2.37 bits per heavy atom. The largest absolute Gasteiger partial charge is 0.496 e. The molecule has 1 aromatic rings. The zero-order valence-electron chi connectivity index (χ0n) is 11.9. The summed E-state index contributed by atoms with van der Waals surface area (Å²) >= 11 is 0. The lowest BCUT2D eigenvalue weighted by atomic mass is 9.88. The normalized spacial score (nSPS) is 17.1. The number of primary amides is 1. The summed E-state index contributed by atoms with van der Waals surface area (Å²) in [7, 11) is 3.28. The lowest BCUT2D eigenvalue weighted by molar-refractivity contribution is -0.120. The van der Waals surface area contributed by atoms with Crippen molar-refractivity contribution in [2.75, 3.05) is 14.2 Å². The Hall–Kier alpha value is -1.55. The number of hydrogen-bond donors (Lipinski definition) is 1. The highest BCUT2D eigenvalue weighted by molar-refractivity contribution is 5.90. The molecule has 0 radical (unpaired) electrons. The Kier molecular flexibility index (Phi) is 3.31. The standard InChI is InChI=1S/C15H21NO3/c1-14(2,19-4)10-5-6-12(18-3)11(9-10)15(7-8-15)13(16)17/h5-6,9H,7-8H2,1-4H3,(H2,16,17). The summed E-state index contributed by atoms with van der Waals surface area (Å²) in [5.74, 6) is 0.435. The van der Waals surface area contributed by atoms with Crippen LogP contribution in [0.3, 0.4) is 0 Å². The van der Waals surface area contributed by atoms with Crippen molar-refractivity contribution in [1.29, 1.82) is 0 Å². The summed E-state index contributed by atoms with van der Waals surface area (Å²) in [5.41, 5.74) is 6.49. The summed E-state index contributed by atoms with van der Waals surface area (Å²) in [4.78, 5) is 11.7. The van der Waals surface area contributed by atoms with E-state index < -0.39 is 11.0 Å². The highest BCUT2D eigenvalue weighted by Crippen LogP contribution is 2.51. The average Bonchev–Trinajstić information content (AvgIpc) is 3.19. The van der Waals surface area contributed by atoms with Gasteiger partial charge in [0, 0.05) is 12.7 Å². The molecular formula is C15H21NO3. The first-order chi connectivity index (χ1) is 8.87. The molecule has 1 amide bonds. The molecule has 4 heteroatoms. The van der Waals surface area contributed by atoms with Gasteiger partial charge >= 0.3 is 0 Å². The molecule has 0 aromatic heterocycles. The van der Waals surface area contributed by atoms with Gasteiger partial charge in [0.25, 0.3) is 0 Å². The van der Waals surface area contributed by atoms with E-state index in [2.05, 4.69) is 0 Å². The number of nitrogens with two attached hydrogens (primary N) is 1. The summed E-state index contributed by atoms with van der Waals surface area (Å²) in [5, 5.41) is 0. The fourth-order valence-corrected chi connectivity index (χ4v) is 2.35. The van der Waals surface area contributed by atoms with Crippen LogP contribution in [0.15, 0.2) is 18.2 Å². The van der Waals surface area contributed by atoms with Crippen molar-refractivity contribution in [3.8, 4) is 5.75 Å². The fourth-order valence-electron chi connectivity index (χ4n) is 2.35. The number of ether oxygens (including phenoxy) is 2. The minimum Gasteiger partial charge on any atom is -0.496 e. The van der Waals surface area contributed by atoms with Gasteiger partial charge in [-0.25, -0.2) is 0 Å². The number of rotatable bonds is 5. The second-order valence-electron chi connectivity index (χ2n) is 5.58. The van der Waals surface area contributed by atoms with Gasteiger partial charge in [-0.1, -0.05) is 6.07 Å². The quantitative estimate of drug-likeness (QED) is 0.884. The van der Waals surface area contributed by atoms with Crippen molar-refractivity contribution in [1.82, 2.24) is 0 Å². The van der Waals surface area contributed by atoms with Crippen molar-refractivity contribution in [2.45, 2.75) is 37.7 Å². The molecule has 2 N–H and O–H groups in total. The van der Waals surface area contributed by atoms with Crippen LogP contribution < -0.4 is 10.5 Å². The molecule has 1 saturated carbocycles. The second-order valence-corrected chi connectivity index (χ2v) is 5.58. The lowest BCUT2D eigenvalue weighted by Gasteiger charge is -2.26. The van der Waals surface area contributed by atoms with E-state index in [1.807, 2.05) is 32.0 Å². The maximum atomic E-state index is 11.7. The molecule has 0 heterocycles. The number of hydrogen-bond acceptors (Lipinski definition) is 3. The zero-order valence-corrected chi connectivity index (χ0v) is 11.9. The number of benzene rings is 1. The van der Waals surface area contributed by atoms with E-state index in [4.69, 9.17) is 15.2 Å². The summed E-state index contributed by atoms with van der Waals surface area (Å²) in [6.07, 6.45) is 1.57. The molecule has 104 valence electrons. The smallest absolute Gasteiger partial charge is 0.228 e. The highest BCUT2D eigenvalue weighted by Gasteiger charge is 2.52. The van der Waals surface area contributed by atoms with E-state index in [1.54, 1.807) is 14.2 Å². The molecule has 0 atom stereocenters. The van der Waals surface area contributed by atoms with Gasteiger partial charge in [0.15, 0.2) is 0 Å². The van der Waals surface area contributed by atoms with Crippen LogP contribution in [0.4, 0.5) is 0 Å². The Morgan fingerprint density at radius 1 is 1.32 bits per heavy atom. The fraction of sp³-hybridized carbons (Fsp3) is 0.533. The first-order valence-electron chi connectivity index (χ1n) is 6.41. The van der Waals surface area contributed by atoms with Gasteiger partial charge in [-0.2, -0.15) is 0 Å². The van der Waals surface area contributed by atoms with E-state index in [0.717, 1.165) is 24.0 Å². The van der Waals surface area contributed by atoms with Crippen molar-refractivity contribution >= 4 is 5.91 Å². The molecule has 1 aromatic carbocycles. The molecule has 1 aliphatic rings. The van der Waals surface area contributed by atoms with Gasteiger partial charge in [-0.05, 0) is 44.4 Å². The SMILES string of the molecule is COc1ccc(C(C)(C)OC)cc1C1(C(N)=O)CC1. The van der Waals surface area contributed by atoms with Crippen molar-refractivity contribution in [2.24, 2.45) is 5.73 Å². The zero-order chi connectivity index (χ0) is 14.3. The molecular weight excluding hydrogens is 242 g/mol. The molecule has 19 heavy (non-hydrogen) atoms. The molecule has 0 bridgehead atoms. The van der Waals surface area contributed by atoms with E-state index in [9.17, 15) is 4.79 Å². The van der Waals surface area contributed by atoms with Crippen molar-refractivity contribution < 1.29 is 14.3 Å². The predicted octanol–water partition coefficient (Wildman–Crippen LogP) is 2.09. The minimum absolute atomic E-state index is 0.279. The van der Waals surface area contributed by atoms with Gasteiger partial charge in [0.1, 0.15) is 5.75 Å². The van der Waals surface area contributed by atoms with Crippen LogP contribution in [0.2, 0.25) is 0 Å². The van der Waals surface area contributed by atoms with Crippen LogP contribution in [0.1, 0.15) is 37.8 Å². The van der Waals surface area contributed by atoms with Crippen molar-refractivity contribution in [3.63, 3.8) is 0 Å². The summed E-state index contributed by atoms with van der Waals surface area (Å²) in [6.45, 7) is 3.98. The van der Waals surface area contributed by atoms with Gasteiger partial charge in [-0.15, -0.1) is 0 Å². The third-order valence-electron chi connectivity index (χ3n) is 4.14. The summed E-state index contributed by atoms with van der Waals surface area (Å²) < 4.78 is 10.9. The number of carbonyl (C=O) groups excluding carboxylic acids is 1. The monoisotopic (exact) mass is 263 g/mol. The molecule has 0 saturated heterocycles. The maximum Gasteiger partial charge on any atom is 0.228 e. The average molecular weight is 263 g/mol. The first-order valence-corrected chi connectivity index (χ1v) is 6.41. The Balaban J connectivity index is 2.53. The maximum absolute atomic E-state index is 11.7. The van der Waals surface area contributed by atoms with E-state index in [1.165, 1.54) is 0 Å². The van der Waals surface area contributed by atoms with Gasteiger partial charge in [0.05, 0.1) is 18.1 Å². The third kappa shape index (κ3) is 2.21. The molecule has 0 spiro atoms. The van der Waals surface area contributed by atoms with Crippen LogP contribution in [0.5, 0.6) is 5.75 Å². The van der Waals surface area contributed by atoms with E-state index in [-0.39, 0.29) is 5.91 Å². The highest BCUT2D eigenvalue weighted by atomic mass is 16.5. The molecule has 1 aliphatic carbocycles. The summed E-state index contributed by atoms with van der Waals surface area (Å²) in [6, 6.07) is 5.83. The Bertz CT molecular complexity index is 504. The van der Waals surface area contributed by atoms with Gasteiger partial charge < -0.3 is 15.2 Å². The second kappa shape index (κ2) is 4.53. The Labute approximate surface area is 113 Å². The van der Waals surface area contributed by atoms with Crippen LogP contribution in [-0.4, -0.2) is 20.1 Å². The predicted molar refractivity (Wildman–Crippen MR) is 73.1 cm³/mol. The van der Waals surface area contributed by atoms with E-state index in [0.29, 0.717) is 5.75 Å². The van der Waals surface area contributed by atoms with Crippen molar-refractivity contribution in [3.05, 3.63) is 29.3 Å². The topological polar surface area (TPSA) is 61.6 Å². The van der Waals surface area contributed by atoms with Crippen LogP contribution >= 0.6 is 0 Å². The van der Waals surface area contributed by atoms with Gasteiger partial charge in [0.2, 0.25) is 5.91 Å². The Morgan fingerprint density at radius 2 is 1.95 bits per heavy atom. The lowest BCUT2D eigenvalue weighted by Crippen LogP contribution is -2.29. The molecule has 4 nitrogen and oxygen atoms in total. The third-order valence-corrected chi connectivity index (χ3v) is 4.14. The molecule has 1 fully saturated rings. The molecule has 2 rings (SSSR count). The van der Waals surface area contributed by atoms with E-state index >= 15 is 0 Å². The van der Waals surface area contributed by atoms with Crippen LogP contribution in [0.25, 0.3) is 0 Å². The number of carbonyl (C=O) groups is 1.